The molecule has 0 bridgehead atoms. The summed E-state index contributed by atoms with van der Waals surface area (Å²) in [5.41, 5.74) is 5.13. The van der Waals surface area contributed by atoms with Crippen molar-refractivity contribution < 1.29 is 28.9 Å². The van der Waals surface area contributed by atoms with Crippen molar-refractivity contribution in [1.29, 1.82) is 0 Å². The van der Waals surface area contributed by atoms with Gasteiger partial charge in [-0.05, 0) is 28.6 Å². The van der Waals surface area contributed by atoms with Crippen LogP contribution in [0.25, 0.3) is 33.6 Å². The molecule has 0 aliphatic carbocycles. The molecule has 0 amide bonds. The number of hydrogen-bond acceptors (Lipinski definition) is 2. The van der Waals surface area contributed by atoms with Gasteiger partial charge in [0.1, 0.15) is 0 Å². The summed E-state index contributed by atoms with van der Waals surface area (Å²) in [5, 5.41) is 0. The van der Waals surface area contributed by atoms with Crippen molar-refractivity contribution >= 4 is 0 Å². The Kier molecular flexibility index (Phi) is 8.70. The van der Waals surface area contributed by atoms with Gasteiger partial charge in [0.25, 0.3) is 0 Å². The zero-order valence-corrected chi connectivity index (χ0v) is 19.8. The number of pyridine rings is 2. The molecule has 5 rings (SSSR count). The molecule has 0 unspecified atom stereocenters. The SMILES string of the molecule is Fc1[c-]c(-c2ccccn2)cc(F)c1.[Ir].[c-]1ccccc1-c1ccc(-c2ccccc2)cn1. The van der Waals surface area contributed by atoms with Gasteiger partial charge in [-0.2, -0.15) is 0 Å². The summed E-state index contributed by atoms with van der Waals surface area (Å²) in [4.78, 5) is 8.46. The summed E-state index contributed by atoms with van der Waals surface area (Å²) in [7, 11) is 0. The van der Waals surface area contributed by atoms with E-state index in [1.807, 2.05) is 54.7 Å². The normalized spacial score (nSPS) is 9.88. The summed E-state index contributed by atoms with van der Waals surface area (Å²) in [6.07, 6.45) is 3.47. The van der Waals surface area contributed by atoms with Crippen molar-refractivity contribution in [3.05, 3.63) is 133 Å². The molecule has 0 aliphatic heterocycles. The van der Waals surface area contributed by atoms with Crippen molar-refractivity contribution in [2.45, 2.75) is 0 Å². The predicted molar refractivity (Wildman–Crippen MR) is 122 cm³/mol. The fourth-order valence-corrected chi connectivity index (χ4v) is 3.07. The second-order valence-electron chi connectivity index (χ2n) is 6.85. The van der Waals surface area contributed by atoms with Gasteiger partial charge in [0.15, 0.2) is 0 Å². The summed E-state index contributed by atoms with van der Waals surface area (Å²) >= 11 is 0. The molecule has 2 heterocycles. The first-order valence-corrected chi connectivity index (χ1v) is 9.97. The van der Waals surface area contributed by atoms with E-state index in [-0.39, 0.29) is 20.1 Å². The van der Waals surface area contributed by atoms with Gasteiger partial charge in [0.05, 0.1) is 0 Å². The average Bonchev–Trinajstić information content (AvgIpc) is 2.86. The fraction of sp³-hybridized carbons (Fsp3) is 0. The number of aromatic nitrogens is 2. The van der Waals surface area contributed by atoms with Crippen LogP contribution < -0.4 is 0 Å². The van der Waals surface area contributed by atoms with Crippen LogP contribution in [0, 0.1) is 23.8 Å². The minimum Gasteiger partial charge on any atom is -0.305 e. The van der Waals surface area contributed by atoms with Gasteiger partial charge >= 0.3 is 0 Å². The Labute approximate surface area is 205 Å². The second kappa shape index (κ2) is 11.9. The molecule has 165 valence electrons. The van der Waals surface area contributed by atoms with Gasteiger partial charge in [-0.3, -0.25) is 0 Å². The van der Waals surface area contributed by atoms with Crippen molar-refractivity contribution in [1.82, 2.24) is 9.97 Å². The number of halogens is 2. The van der Waals surface area contributed by atoms with E-state index in [1.54, 1.807) is 24.4 Å². The maximum absolute atomic E-state index is 12.8. The molecular formula is C28H18F2IrN2-2. The van der Waals surface area contributed by atoms with E-state index in [9.17, 15) is 8.78 Å². The number of hydrogen-bond donors (Lipinski definition) is 0. The quantitative estimate of drug-likeness (QED) is 0.204. The summed E-state index contributed by atoms with van der Waals surface area (Å²) in [6, 6.07) is 35.0. The molecule has 0 spiro atoms. The molecule has 2 aromatic heterocycles. The zero-order valence-electron chi connectivity index (χ0n) is 17.4. The van der Waals surface area contributed by atoms with Gasteiger partial charge in [-0.15, -0.1) is 53.6 Å². The molecule has 5 heteroatoms. The van der Waals surface area contributed by atoms with E-state index in [0.717, 1.165) is 22.9 Å². The monoisotopic (exact) mass is 613 g/mol. The Balaban J connectivity index is 0.000000186. The molecule has 5 aromatic rings. The van der Waals surface area contributed by atoms with Crippen LogP contribution in [-0.2, 0) is 20.1 Å². The van der Waals surface area contributed by atoms with Crippen molar-refractivity contribution in [3.63, 3.8) is 0 Å². The Hall–Kier alpha value is -3.53. The van der Waals surface area contributed by atoms with Gasteiger partial charge in [0, 0.05) is 44.1 Å². The second-order valence-corrected chi connectivity index (χ2v) is 6.85. The first kappa shape index (κ1) is 24.1. The van der Waals surface area contributed by atoms with Crippen LogP contribution in [0.4, 0.5) is 8.78 Å². The van der Waals surface area contributed by atoms with E-state index >= 15 is 0 Å². The molecule has 0 saturated carbocycles. The van der Waals surface area contributed by atoms with Crippen LogP contribution in [-0.4, -0.2) is 9.97 Å². The summed E-state index contributed by atoms with van der Waals surface area (Å²) in [6.45, 7) is 0. The maximum Gasteiger partial charge on any atom is 0.0446 e. The Morgan fingerprint density at radius 1 is 0.636 bits per heavy atom. The number of rotatable bonds is 3. The van der Waals surface area contributed by atoms with E-state index in [2.05, 4.69) is 40.3 Å². The first-order valence-electron chi connectivity index (χ1n) is 9.97. The largest absolute Gasteiger partial charge is 0.305 e. The molecule has 33 heavy (non-hydrogen) atoms. The van der Waals surface area contributed by atoms with Gasteiger partial charge < -0.3 is 9.97 Å². The Morgan fingerprint density at radius 2 is 1.39 bits per heavy atom. The minimum atomic E-state index is -0.717. The first-order chi connectivity index (χ1) is 15.7. The summed E-state index contributed by atoms with van der Waals surface area (Å²) < 4.78 is 25.6. The molecule has 0 saturated heterocycles. The van der Waals surface area contributed by atoms with Crippen LogP contribution in [0.5, 0.6) is 0 Å². The topological polar surface area (TPSA) is 25.8 Å². The van der Waals surface area contributed by atoms with Gasteiger partial charge in [-0.25, -0.2) is 8.78 Å². The van der Waals surface area contributed by atoms with Crippen LogP contribution in [0.3, 0.4) is 0 Å². The molecule has 1 radical (unpaired) electrons. The van der Waals surface area contributed by atoms with Crippen LogP contribution in [0.15, 0.2) is 109 Å². The molecule has 0 fully saturated rings. The Bertz CT molecular complexity index is 1190. The fourth-order valence-electron chi connectivity index (χ4n) is 3.07. The average molecular weight is 613 g/mol. The standard InChI is InChI=1S/C17H12N.C11H6F2N.Ir/c1-3-7-14(8-4-1)16-11-12-17(18-13-16)15-9-5-2-6-10-15;12-9-5-8(6-10(13)7-9)11-3-1-2-4-14-11;/h1-9,11-13H;1-5,7H;/q2*-1;. The van der Waals surface area contributed by atoms with Crippen molar-refractivity contribution in [3.8, 4) is 33.6 Å². The molecule has 3 aromatic carbocycles. The van der Waals surface area contributed by atoms with Crippen LogP contribution >= 0.6 is 0 Å². The third kappa shape index (κ3) is 6.72. The van der Waals surface area contributed by atoms with E-state index in [4.69, 9.17) is 0 Å². The third-order valence-electron chi connectivity index (χ3n) is 4.60. The van der Waals surface area contributed by atoms with Gasteiger partial charge in [-0.1, -0.05) is 60.7 Å². The minimum absolute atomic E-state index is 0. The van der Waals surface area contributed by atoms with E-state index < -0.39 is 11.6 Å². The van der Waals surface area contributed by atoms with Gasteiger partial charge in [0.2, 0.25) is 0 Å². The van der Waals surface area contributed by atoms with E-state index in [1.165, 1.54) is 11.6 Å². The number of benzene rings is 3. The van der Waals surface area contributed by atoms with E-state index in [0.29, 0.717) is 11.3 Å². The molecular weight excluding hydrogens is 595 g/mol. The number of nitrogens with zero attached hydrogens (tertiary/aromatic N) is 2. The molecule has 0 aliphatic rings. The Morgan fingerprint density at radius 3 is 2.03 bits per heavy atom. The maximum atomic E-state index is 12.8. The molecule has 0 N–H and O–H groups in total. The molecule has 0 atom stereocenters. The predicted octanol–water partition coefficient (Wildman–Crippen LogP) is 7.04. The summed E-state index contributed by atoms with van der Waals surface area (Å²) in [5.74, 6) is -1.34. The van der Waals surface area contributed by atoms with Crippen LogP contribution in [0.1, 0.15) is 0 Å². The zero-order chi connectivity index (χ0) is 22.2. The van der Waals surface area contributed by atoms with Crippen molar-refractivity contribution in [2.75, 3.05) is 0 Å². The smallest absolute Gasteiger partial charge is 0.0446 e. The molecule has 2 nitrogen and oxygen atoms in total. The van der Waals surface area contributed by atoms with Crippen molar-refractivity contribution in [2.24, 2.45) is 0 Å². The third-order valence-corrected chi connectivity index (χ3v) is 4.60. The van der Waals surface area contributed by atoms with Crippen LogP contribution in [0.2, 0.25) is 0 Å².